The van der Waals surface area contributed by atoms with Crippen LogP contribution < -0.4 is 5.32 Å². The average molecular weight is 386 g/mol. The molecule has 2 atom stereocenters. The molecule has 3 rings (SSSR count). The summed E-state index contributed by atoms with van der Waals surface area (Å²) in [5.41, 5.74) is 1.34. The molecule has 4 nitrogen and oxygen atoms in total. The molecule has 2 unspecified atom stereocenters. The largest absolute Gasteiger partial charge is 0.391 e. The quantitative estimate of drug-likeness (QED) is 0.795. The van der Waals surface area contributed by atoms with Gasteiger partial charge in [0.05, 0.1) is 17.3 Å². The zero-order valence-electron chi connectivity index (χ0n) is 14.2. The summed E-state index contributed by atoms with van der Waals surface area (Å²) in [6, 6.07) is 8.65. The number of benzene rings is 1. The Morgan fingerprint density at radius 2 is 2.08 bits per heavy atom. The number of hydrogen-bond donors (Lipinski definition) is 1. The number of aryl methyl sites for hydroxylation is 1. The highest BCUT2D eigenvalue weighted by Gasteiger charge is 2.43. The van der Waals surface area contributed by atoms with Crippen molar-refractivity contribution in [1.29, 1.82) is 0 Å². The fourth-order valence-electron chi connectivity index (χ4n) is 3.35. The summed E-state index contributed by atoms with van der Waals surface area (Å²) >= 11 is 6.01. The number of halogens is 4. The van der Waals surface area contributed by atoms with Crippen LogP contribution in [0.4, 0.5) is 19.0 Å². The molecule has 0 bridgehead atoms. The van der Waals surface area contributed by atoms with Crippen LogP contribution in [0.5, 0.6) is 0 Å². The van der Waals surface area contributed by atoms with Crippen LogP contribution >= 0.6 is 11.6 Å². The highest BCUT2D eigenvalue weighted by Crippen LogP contribution is 2.40. The van der Waals surface area contributed by atoms with Gasteiger partial charge in [-0.05, 0) is 44.4 Å². The summed E-state index contributed by atoms with van der Waals surface area (Å²) in [5, 5.41) is 7.60. The zero-order chi connectivity index (χ0) is 18.9. The minimum atomic E-state index is -4.25. The van der Waals surface area contributed by atoms with E-state index >= 15 is 0 Å². The van der Waals surface area contributed by atoms with E-state index in [1.165, 1.54) is 4.68 Å². The van der Waals surface area contributed by atoms with E-state index in [2.05, 4.69) is 10.4 Å². The molecule has 0 saturated heterocycles. The lowest BCUT2D eigenvalue weighted by atomic mass is 9.80. The van der Waals surface area contributed by atoms with Gasteiger partial charge in [0.15, 0.2) is 0 Å². The molecule has 1 aliphatic rings. The molecule has 1 N–H and O–H groups in total. The van der Waals surface area contributed by atoms with Gasteiger partial charge in [0.25, 0.3) is 0 Å². The van der Waals surface area contributed by atoms with Crippen LogP contribution in [0.25, 0.3) is 5.69 Å². The molecule has 1 aromatic carbocycles. The van der Waals surface area contributed by atoms with Crippen molar-refractivity contribution in [2.45, 2.75) is 38.8 Å². The Balaban J connectivity index is 1.78. The van der Waals surface area contributed by atoms with Gasteiger partial charge < -0.3 is 5.32 Å². The number of rotatable bonds is 3. The number of alkyl halides is 3. The van der Waals surface area contributed by atoms with Crippen LogP contribution in [-0.2, 0) is 4.79 Å². The lowest BCUT2D eigenvalue weighted by Crippen LogP contribution is -2.34. The first kappa shape index (κ1) is 18.8. The fourth-order valence-corrected chi connectivity index (χ4v) is 3.53. The second kappa shape index (κ2) is 7.31. The van der Waals surface area contributed by atoms with Gasteiger partial charge in [0, 0.05) is 17.0 Å². The molecule has 1 aromatic heterocycles. The molecule has 1 aliphatic carbocycles. The van der Waals surface area contributed by atoms with E-state index in [1.807, 2.05) is 0 Å². The molecule has 1 fully saturated rings. The van der Waals surface area contributed by atoms with Gasteiger partial charge in [-0.1, -0.05) is 24.1 Å². The van der Waals surface area contributed by atoms with Crippen molar-refractivity contribution in [2.24, 2.45) is 11.8 Å². The minimum Gasteiger partial charge on any atom is -0.310 e. The summed E-state index contributed by atoms with van der Waals surface area (Å²) in [6.45, 7) is 1.77. The SMILES string of the molecule is Cc1cc(NC(=O)C2CCCC(C(F)(F)F)C2)n(-c2cccc(Cl)c2)n1. The van der Waals surface area contributed by atoms with Crippen LogP contribution in [0.2, 0.25) is 5.02 Å². The summed E-state index contributed by atoms with van der Waals surface area (Å²) in [6.07, 6.45) is -3.47. The van der Waals surface area contributed by atoms with Gasteiger partial charge in [-0.3, -0.25) is 4.79 Å². The lowest BCUT2D eigenvalue weighted by Gasteiger charge is -2.29. The second-order valence-electron chi connectivity index (χ2n) is 6.65. The van der Waals surface area contributed by atoms with E-state index in [0.29, 0.717) is 35.1 Å². The summed E-state index contributed by atoms with van der Waals surface area (Å²) < 4.78 is 40.5. The lowest BCUT2D eigenvalue weighted by molar-refractivity contribution is -0.185. The number of nitrogens with one attached hydrogen (secondary N) is 1. The predicted molar refractivity (Wildman–Crippen MR) is 93.4 cm³/mol. The van der Waals surface area contributed by atoms with Gasteiger partial charge in [0.2, 0.25) is 5.91 Å². The maximum atomic E-state index is 13.0. The molecular weight excluding hydrogens is 367 g/mol. The molecule has 1 amide bonds. The highest BCUT2D eigenvalue weighted by molar-refractivity contribution is 6.30. The molecule has 1 saturated carbocycles. The van der Waals surface area contributed by atoms with Gasteiger partial charge in [-0.2, -0.15) is 18.3 Å². The first-order valence-electron chi connectivity index (χ1n) is 8.44. The average Bonchev–Trinajstić information content (AvgIpc) is 2.94. The Labute approximate surface area is 154 Å². The maximum Gasteiger partial charge on any atom is 0.391 e. The number of anilines is 1. The van der Waals surface area contributed by atoms with E-state index in [9.17, 15) is 18.0 Å². The number of amides is 1. The summed E-state index contributed by atoms with van der Waals surface area (Å²) in [7, 11) is 0. The zero-order valence-corrected chi connectivity index (χ0v) is 14.9. The number of aromatic nitrogens is 2. The topological polar surface area (TPSA) is 46.9 Å². The Morgan fingerprint density at radius 3 is 2.77 bits per heavy atom. The summed E-state index contributed by atoms with van der Waals surface area (Å²) in [5.74, 6) is -2.05. The first-order valence-corrected chi connectivity index (χ1v) is 8.82. The third-order valence-electron chi connectivity index (χ3n) is 4.64. The molecule has 140 valence electrons. The van der Waals surface area contributed by atoms with Crippen molar-refractivity contribution in [3.63, 3.8) is 0 Å². The molecule has 26 heavy (non-hydrogen) atoms. The molecule has 1 heterocycles. The second-order valence-corrected chi connectivity index (χ2v) is 7.09. The first-order chi connectivity index (χ1) is 12.2. The Morgan fingerprint density at radius 1 is 1.31 bits per heavy atom. The van der Waals surface area contributed by atoms with E-state index in [1.54, 1.807) is 37.3 Å². The van der Waals surface area contributed by atoms with Crippen LogP contribution in [0.15, 0.2) is 30.3 Å². The molecular formula is C18H19ClF3N3O. The van der Waals surface area contributed by atoms with Crippen molar-refractivity contribution in [3.05, 3.63) is 41.0 Å². The van der Waals surface area contributed by atoms with E-state index in [-0.39, 0.29) is 12.8 Å². The third kappa shape index (κ3) is 4.20. The van der Waals surface area contributed by atoms with Gasteiger partial charge >= 0.3 is 6.18 Å². The van der Waals surface area contributed by atoms with Crippen molar-refractivity contribution in [2.75, 3.05) is 5.32 Å². The van der Waals surface area contributed by atoms with Gasteiger partial charge in [-0.15, -0.1) is 0 Å². The van der Waals surface area contributed by atoms with Crippen molar-refractivity contribution in [1.82, 2.24) is 9.78 Å². The molecule has 0 radical (unpaired) electrons. The smallest absolute Gasteiger partial charge is 0.310 e. The van der Waals surface area contributed by atoms with E-state index < -0.39 is 23.9 Å². The van der Waals surface area contributed by atoms with Crippen molar-refractivity contribution in [3.8, 4) is 5.69 Å². The monoisotopic (exact) mass is 385 g/mol. The molecule has 2 aromatic rings. The van der Waals surface area contributed by atoms with Crippen LogP contribution in [-0.4, -0.2) is 21.9 Å². The van der Waals surface area contributed by atoms with Crippen LogP contribution in [0, 0.1) is 18.8 Å². The number of nitrogens with zero attached hydrogens (tertiary/aromatic N) is 2. The summed E-state index contributed by atoms with van der Waals surface area (Å²) in [4.78, 5) is 12.6. The van der Waals surface area contributed by atoms with Crippen molar-refractivity contribution < 1.29 is 18.0 Å². The van der Waals surface area contributed by atoms with Crippen LogP contribution in [0.1, 0.15) is 31.4 Å². The molecule has 0 aliphatic heterocycles. The predicted octanol–water partition coefficient (Wildman–Crippen LogP) is 5.14. The molecule has 8 heteroatoms. The van der Waals surface area contributed by atoms with Crippen molar-refractivity contribution >= 4 is 23.3 Å². The highest BCUT2D eigenvalue weighted by atomic mass is 35.5. The van der Waals surface area contributed by atoms with E-state index in [0.717, 1.165) is 0 Å². The molecule has 0 spiro atoms. The Hall–Kier alpha value is -2.02. The van der Waals surface area contributed by atoms with E-state index in [4.69, 9.17) is 11.6 Å². The van der Waals surface area contributed by atoms with Crippen LogP contribution in [0.3, 0.4) is 0 Å². The maximum absolute atomic E-state index is 13.0. The number of carbonyl (C=O) groups excluding carboxylic acids is 1. The Kier molecular flexibility index (Phi) is 5.27. The third-order valence-corrected chi connectivity index (χ3v) is 4.88. The minimum absolute atomic E-state index is 0.0901. The van der Waals surface area contributed by atoms with Gasteiger partial charge in [-0.25, -0.2) is 4.68 Å². The fraction of sp³-hybridized carbons (Fsp3) is 0.444. The standard InChI is InChI=1S/C18H19ClF3N3O/c1-11-8-16(25(24-11)15-7-3-6-14(19)10-15)23-17(26)12-4-2-5-13(9-12)18(20,21)22/h3,6-8,10,12-13H,2,4-5,9H2,1H3,(H,23,26). The number of hydrogen-bond acceptors (Lipinski definition) is 2. The Bertz CT molecular complexity index is 803. The normalized spacial score (nSPS) is 20.8. The van der Waals surface area contributed by atoms with Gasteiger partial charge in [0.1, 0.15) is 5.82 Å². The number of carbonyl (C=O) groups is 1.